The molecule has 0 spiro atoms. The van der Waals surface area contributed by atoms with Gasteiger partial charge in [-0.1, -0.05) is 18.2 Å². The Kier molecular flexibility index (Phi) is 6.20. The number of hydrogen-bond acceptors (Lipinski definition) is 6. The van der Waals surface area contributed by atoms with Crippen LogP contribution in [0.2, 0.25) is 0 Å². The first kappa shape index (κ1) is 18.6. The van der Waals surface area contributed by atoms with Gasteiger partial charge in [-0.15, -0.1) is 6.58 Å². The maximum atomic E-state index is 12.1. The second-order valence-corrected chi connectivity index (χ2v) is 6.69. The van der Waals surface area contributed by atoms with Crippen LogP contribution in [0.3, 0.4) is 0 Å². The highest BCUT2D eigenvalue weighted by atomic mass is 32.2. The molecule has 1 amide bonds. The van der Waals surface area contributed by atoms with E-state index in [0.29, 0.717) is 25.5 Å². The second-order valence-electron chi connectivity index (χ2n) is 5.13. The van der Waals surface area contributed by atoms with Crippen molar-refractivity contribution in [3.63, 3.8) is 0 Å². The molecule has 25 heavy (non-hydrogen) atoms. The molecule has 9 heteroatoms. The maximum absolute atomic E-state index is 12.1. The van der Waals surface area contributed by atoms with Crippen LogP contribution in [0.5, 0.6) is 0 Å². The average Bonchev–Trinajstić information content (AvgIpc) is 2.60. The summed E-state index contributed by atoms with van der Waals surface area (Å²) in [7, 11) is -3.70. The lowest BCUT2D eigenvalue weighted by atomic mass is 10.1. The Morgan fingerprint density at radius 3 is 2.60 bits per heavy atom. The highest BCUT2D eigenvalue weighted by Crippen LogP contribution is 2.09. The number of primary sulfonamides is 1. The molecule has 0 fully saturated rings. The first-order valence-corrected chi connectivity index (χ1v) is 9.02. The van der Waals surface area contributed by atoms with Crippen molar-refractivity contribution in [2.75, 3.05) is 18.4 Å². The van der Waals surface area contributed by atoms with Gasteiger partial charge in [0, 0.05) is 19.3 Å². The van der Waals surface area contributed by atoms with E-state index in [1.807, 2.05) is 0 Å². The average molecular weight is 361 g/mol. The van der Waals surface area contributed by atoms with Crippen molar-refractivity contribution in [1.29, 1.82) is 0 Å². The molecule has 4 N–H and O–H groups in total. The molecule has 1 heterocycles. The number of hydrogen-bond donors (Lipinski definition) is 3. The van der Waals surface area contributed by atoms with Crippen LogP contribution in [0.15, 0.2) is 54.1 Å². The fraction of sp³-hybridized carbons (Fsp3) is 0.188. The lowest BCUT2D eigenvalue weighted by molar-refractivity contribution is 0.0949. The summed E-state index contributed by atoms with van der Waals surface area (Å²) in [5, 5.41) is 10.7. The molecule has 0 atom stereocenters. The van der Waals surface area contributed by atoms with Gasteiger partial charge >= 0.3 is 0 Å². The van der Waals surface area contributed by atoms with Crippen LogP contribution < -0.4 is 15.8 Å². The molecule has 2 rings (SSSR count). The third-order valence-electron chi connectivity index (χ3n) is 3.24. The zero-order valence-electron chi connectivity index (χ0n) is 13.5. The molecule has 0 aliphatic carbocycles. The molecule has 8 nitrogen and oxygen atoms in total. The predicted octanol–water partition coefficient (Wildman–Crippen LogP) is 0.694. The van der Waals surface area contributed by atoms with Crippen LogP contribution in [0.4, 0.5) is 5.95 Å². The molecule has 2 aromatic rings. The molecule has 132 valence electrons. The van der Waals surface area contributed by atoms with Gasteiger partial charge in [-0.05, 0) is 30.2 Å². The van der Waals surface area contributed by atoms with E-state index >= 15 is 0 Å². The molecule has 0 unspecified atom stereocenters. The van der Waals surface area contributed by atoms with E-state index < -0.39 is 10.0 Å². The van der Waals surface area contributed by atoms with Gasteiger partial charge in [-0.25, -0.2) is 23.5 Å². The Morgan fingerprint density at radius 2 is 1.96 bits per heavy atom. The summed E-state index contributed by atoms with van der Waals surface area (Å²) in [5.74, 6) is 0.0383. The first-order chi connectivity index (χ1) is 11.9. The van der Waals surface area contributed by atoms with Crippen molar-refractivity contribution in [2.24, 2.45) is 5.14 Å². The van der Waals surface area contributed by atoms with E-state index in [4.69, 9.17) is 5.14 Å². The van der Waals surface area contributed by atoms with Gasteiger partial charge in [-0.2, -0.15) is 0 Å². The Labute approximate surface area is 146 Å². The van der Waals surface area contributed by atoms with Crippen molar-refractivity contribution < 1.29 is 13.2 Å². The Balaban J connectivity index is 1.89. The Morgan fingerprint density at radius 1 is 1.24 bits per heavy atom. The molecule has 0 aliphatic rings. The minimum atomic E-state index is -3.70. The minimum Gasteiger partial charge on any atom is -0.351 e. The standard InChI is InChI=1S/C16H19N5O3S/c1-2-9-19-16-20-11-8-14(21-16)15(22)18-10-7-12-3-5-13(6-4-12)25(17,23)24/h2-6,8,11H,1,7,9-10H2,(H,18,22)(H2,17,23,24)(H,19,20,21). The van der Waals surface area contributed by atoms with E-state index in [-0.39, 0.29) is 16.5 Å². The van der Waals surface area contributed by atoms with Crippen LogP contribution >= 0.6 is 0 Å². The van der Waals surface area contributed by atoms with Crippen LogP contribution in [0, 0.1) is 0 Å². The number of nitrogens with two attached hydrogens (primary N) is 1. The summed E-state index contributed by atoms with van der Waals surface area (Å²) in [5.41, 5.74) is 1.13. The van der Waals surface area contributed by atoms with Crippen molar-refractivity contribution in [3.8, 4) is 0 Å². The lowest BCUT2D eigenvalue weighted by Crippen LogP contribution is -2.27. The molecule has 0 saturated heterocycles. The maximum Gasteiger partial charge on any atom is 0.270 e. The molecular formula is C16H19N5O3S. The number of carbonyl (C=O) groups is 1. The number of rotatable bonds is 8. The molecule has 0 bridgehead atoms. The summed E-state index contributed by atoms with van der Waals surface area (Å²) in [6.45, 7) is 4.47. The van der Waals surface area contributed by atoms with E-state index in [1.165, 1.54) is 24.4 Å². The number of anilines is 1. The quantitative estimate of drug-likeness (QED) is 0.594. The largest absolute Gasteiger partial charge is 0.351 e. The van der Waals surface area contributed by atoms with Gasteiger partial charge in [0.25, 0.3) is 5.91 Å². The Bertz CT molecular complexity index is 850. The van der Waals surface area contributed by atoms with Crippen LogP contribution in [-0.4, -0.2) is 37.4 Å². The Hall–Kier alpha value is -2.78. The normalized spacial score (nSPS) is 10.9. The van der Waals surface area contributed by atoms with Crippen molar-refractivity contribution in [3.05, 3.63) is 60.4 Å². The smallest absolute Gasteiger partial charge is 0.270 e. The summed E-state index contributed by atoms with van der Waals surface area (Å²) >= 11 is 0. The monoisotopic (exact) mass is 361 g/mol. The zero-order valence-corrected chi connectivity index (χ0v) is 14.3. The summed E-state index contributed by atoms with van der Waals surface area (Å²) in [6, 6.07) is 7.72. The number of nitrogens with zero attached hydrogens (tertiary/aromatic N) is 2. The van der Waals surface area contributed by atoms with Gasteiger partial charge in [0.1, 0.15) is 5.69 Å². The highest BCUT2D eigenvalue weighted by molar-refractivity contribution is 7.89. The van der Waals surface area contributed by atoms with E-state index in [9.17, 15) is 13.2 Å². The predicted molar refractivity (Wildman–Crippen MR) is 94.6 cm³/mol. The molecule has 0 saturated carbocycles. The van der Waals surface area contributed by atoms with Gasteiger partial charge in [0.2, 0.25) is 16.0 Å². The summed E-state index contributed by atoms with van der Waals surface area (Å²) in [4.78, 5) is 20.3. The van der Waals surface area contributed by atoms with Gasteiger partial charge in [-0.3, -0.25) is 4.79 Å². The lowest BCUT2D eigenvalue weighted by Gasteiger charge is -2.07. The number of carbonyl (C=O) groups excluding carboxylic acids is 1. The topological polar surface area (TPSA) is 127 Å². The fourth-order valence-corrected chi connectivity index (χ4v) is 2.51. The second kappa shape index (κ2) is 8.36. The van der Waals surface area contributed by atoms with Crippen molar-refractivity contribution in [1.82, 2.24) is 15.3 Å². The first-order valence-electron chi connectivity index (χ1n) is 7.48. The van der Waals surface area contributed by atoms with E-state index in [2.05, 4.69) is 27.2 Å². The summed E-state index contributed by atoms with van der Waals surface area (Å²) in [6.07, 6.45) is 3.71. The summed E-state index contributed by atoms with van der Waals surface area (Å²) < 4.78 is 22.4. The molecule has 0 aliphatic heterocycles. The third kappa shape index (κ3) is 5.66. The van der Waals surface area contributed by atoms with Crippen molar-refractivity contribution in [2.45, 2.75) is 11.3 Å². The number of sulfonamides is 1. The van der Waals surface area contributed by atoms with Crippen LogP contribution in [-0.2, 0) is 16.4 Å². The number of aromatic nitrogens is 2. The van der Waals surface area contributed by atoms with Crippen LogP contribution in [0.1, 0.15) is 16.1 Å². The number of amides is 1. The van der Waals surface area contributed by atoms with Crippen molar-refractivity contribution >= 4 is 21.9 Å². The zero-order chi connectivity index (χ0) is 18.3. The fourth-order valence-electron chi connectivity index (χ4n) is 1.99. The van der Waals surface area contributed by atoms with Gasteiger partial charge in [0.15, 0.2) is 0 Å². The highest BCUT2D eigenvalue weighted by Gasteiger charge is 2.09. The van der Waals surface area contributed by atoms with E-state index in [1.54, 1.807) is 18.2 Å². The molecule has 1 aromatic heterocycles. The van der Waals surface area contributed by atoms with Gasteiger partial charge in [0.05, 0.1) is 4.90 Å². The van der Waals surface area contributed by atoms with Crippen LogP contribution in [0.25, 0.3) is 0 Å². The number of nitrogens with one attached hydrogen (secondary N) is 2. The minimum absolute atomic E-state index is 0.0563. The molecule has 0 radical (unpaired) electrons. The SMILES string of the molecule is C=CCNc1nccc(C(=O)NCCc2ccc(S(N)(=O)=O)cc2)n1. The van der Waals surface area contributed by atoms with Gasteiger partial charge < -0.3 is 10.6 Å². The number of benzene rings is 1. The van der Waals surface area contributed by atoms with E-state index in [0.717, 1.165) is 5.56 Å². The molecule has 1 aromatic carbocycles. The molecular weight excluding hydrogens is 342 g/mol. The third-order valence-corrected chi connectivity index (χ3v) is 4.17.